The Kier molecular flexibility index (Phi) is 5.50. The molecule has 10 heteroatoms. The van der Waals surface area contributed by atoms with Gasteiger partial charge in [0, 0.05) is 19.4 Å². The van der Waals surface area contributed by atoms with Gasteiger partial charge in [0.1, 0.15) is 12.6 Å². The summed E-state index contributed by atoms with van der Waals surface area (Å²) in [6, 6.07) is -1.40. The molecule has 132 valence electrons. The quantitative estimate of drug-likeness (QED) is 0.554. The van der Waals surface area contributed by atoms with Crippen molar-refractivity contribution in [2.24, 2.45) is 5.73 Å². The third-order valence-electron chi connectivity index (χ3n) is 3.83. The summed E-state index contributed by atoms with van der Waals surface area (Å²) >= 11 is 0. The molecule has 0 bridgehead atoms. The SMILES string of the molecule is C[C@H](N)C(=O)N1CCC[C@H]1C(=O)NCC(=O)ON1C(=O)CCC1=O. The molecule has 0 unspecified atom stereocenters. The number of nitrogens with two attached hydrogens (primary N) is 1. The van der Waals surface area contributed by atoms with E-state index in [1.165, 1.54) is 11.8 Å². The highest BCUT2D eigenvalue weighted by Crippen LogP contribution is 2.18. The summed E-state index contributed by atoms with van der Waals surface area (Å²) < 4.78 is 0. The Morgan fingerprint density at radius 3 is 2.50 bits per heavy atom. The van der Waals surface area contributed by atoms with Gasteiger partial charge in [-0.3, -0.25) is 19.2 Å². The van der Waals surface area contributed by atoms with Crippen LogP contribution in [0.25, 0.3) is 0 Å². The summed E-state index contributed by atoms with van der Waals surface area (Å²) in [6.45, 7) is 1.46. The third-order valence-corrected chi connectivity index (χ3v) is 3.83. The van der Waals surface area contributed by atoms with Gasteiger partial charge in [0.25, 0.3) is 11.8 Å². The maximum absolute atomic E-state index is 12.2. The first-order chi connectivity index (χ1) is 11.3. The second-order valence-electron chi connectivity index (χ2n) is 5.74. The number of likely N-dealkylation sites (tertiary alicyclic amines) is 1. The van der Waals surface area contributed by atoms with Crippen LogP contribution in [-0.4, -0.2) is 64.7 Å². The molecule has 2 atom stereocenters. The Balaban J connectivity index is 1.84. The van der Waals surface area contributed by atoms with E-state index in [4.69, 9.17) is 5.73 Å². The lowest BCUT2D eigenvalue weighted by Crippen LogP contribution is -2.51. The molecule has 3 N–H and O–H groups in total. The molecule has 2 heterocycles. The van der Waals surface area contributed by atoms with E-state index in [1.54, 1.807) is 0 Å². The fourth-order valence-corrected chi connectivity index (χ4v) is 2.63. The lowest BCUT2D eigenvalue weighted by Gasteiger charge is -2.25. The van der Waals surface area contributed by atoms with Crippen LogP contribution < -0.4 is 11.1 Å². The Labute approximate surface area is 138 Å². The molecule has 0 saturated carbocycles. The highest BCUT2D eigenvalue weighted by molar-refractivity contribution is 6.01. The maximum atomic E-state index is 12.2. The van der Waals surface area contributed by atoms with E-state index in [9.17, 15) is 24.0 Å². The van der Waals surface area contributed by atoms with E-state index in [2.05, 4.69) is 10.2 Å². The Hall–Kier alpha value is -2.49. The number of carbonyl (C=O) groups excluding carboxylic acids is 5. The minimum absolute atomic E-state index is 0.00507. The molecule has 24 heavy (non-hydrogen) atoms. The van der Waals surface area contributed by atoms with Crippen molar-refractivity contribution in [2.75, 3.05) is 13.1 Å². The average molecular weight is 340 g/mol. The van der Waals surface area contributed by atoms with Gasteiger partial charge < -0.3 is 20.8 Å². The van der Waals surface area contributed by atoms with Crippen LogP contribution in [0.2, 0.25) is 0 Å². The summed E-state index contributed by atoms with van der Waals surface area (Å²) in [4.78, 5) is 64.4. The Morgan fingerprint density at radius 1 is 1.29 bits per heavy atom. The van der Waals surface area contributed by atoms with Crippen LogP contribution in [0.4, 0.5) is 0 Å². The zero-order valence-corrected chi connectivity index (χ0v) is 13.3. The fourth-order valence-electron chi connectivity index (χ4n) is 2.63. The molecule has 0 aromatic heterocycles. The predicted octanol–water partition coefficient (Wildman–Crippen LogP) is -1.95. The first-order valence-electron chi connectivity index (χ1n) is 7.71. The van der Waals surface area contributed by atoms with Crippen molar-refractivity contribution >= 4 is 29.6 Å². The van der Waals surface area contributed by atoms with Crippen LogP contribution in [0.5, 0.6) is 0 Å². The topological polar surface area (TPSA) is 139 Å². The molecule has 10 nitrogen and oxygen atoms in total. The molecule has 2 aliphatic rings. The number of hydroxylamine groups is 2. The van der Waals surface area contributed by atoms with Gasteiger partial charge in [0.15, 0.2) is 0 Å². The summed E-state index contributed by atoms with van der Waals surface area (Å²) in [5.41, 5.74) is 5.55. The van der Waals surface area contributed by atoms with E-state index >= 15 is 0 Å². The zero-order chi connectivity index (χ0) is 17.9. The van der Waals surface area contributed by atoms with Gasteiger partial charge in [-0.1, -0.05) is 0 Å². The second kappa shape index (κ2) is 7.39. The van der Waals surface area contributed by atoms with E-state index in [0.717, 1.165) is 0 Å². The van der Waals surface area contributed by atoms with Gasteiger partial charge >= 0.3 is 5.97 Å². The normalized spacial score (nSPS) is 21.8. The second-order valence-corrected chi connectivity index (χ2v) is 5.74. The highest BCUT2D eigenvalue weighted by atomic mass is 16.7. The number of hydrogen-bond acceptors (Lipinski definition) is 7. The van der Waals surface area contributed by atoms with E-state index < -0.39 is 42.3 Å². The van der Waals surface area contributed by atoms with E-state index in [-0.39, 0.29) is 18.7 Å². The molecule has 0 radical (unpaired) electrons. The lowest BCUT2D eigenvalue weighted by atomic mass is 10.2. The van der Waals surface area contributed by atoms with E-state index in [1.807, 2.05) is 0 Å². The van der Waals surface area contributed by atoms with Crippen molar-refractivity contribution in [3.8, 4) is 0 Å². The van der Waals surface area contributed by atoms with Crippen molar-refractivity contribution in [2.45, 2.75) is 44.7 Å². The van der Waals surface area contributed by atoms with Gasteiger partial charge in [-0.25, -0.2) is 4.79 Å². The summed E-state index contributed by atoms with van der Waals surface area (Å²) in [6.07, 6.45) is 1.13. The van der Waals surface area contributed by atoms with Crippen LogP contribution in [0, 0.1) is 0 Å². The van der Waals surface area contributed by atoms with E-state index in [0.29, 0.717) is 24.4 Å². The largest absolute Gasteiger partial charge is 0.352 e. The lowest BCUT2D eigenvalue weighted by molar-refractivity contribution is -0.196. The van der Waals surface area contributed by atoms with Crippen LogP contribution in [0.15, 0.2) is 0 Å². The standard InChI is InChI=1S/C14H20N4O6/c1-8(15)14(23)17-6-2-3-9(17)13(22)16-7-12(21)24-18-10(19)4-5-11(18)20/h8-9H,2-7,15H2,1H3,(H,16,22)/t8-,9-/m0/s1. The van der Waals surface area contributed by atoms with Crippen molar-refractivity contribution in [3.63, 3.8) is 0 Å². The predicted molar refractivity (Wildman–Crippen MR) is 78.6 cm³/mol. The monoisotopic (exact) mass is 340 g/mol. The summed E-state index contributed by atoms with van der Waals surface area (Å²) in [7, 11) is 0. The first-order valence-corrected chi connectivity index (χ1v) is 7.71. The highest BCUT2D eigenvalue weighted by Gasteiger charge is 2.36. The maximum Gasteiger partial charge on any atom is 0.352 e. The number of carbonyl (C=O) groups is 5. The van der Waals surface area contributed by atoms with Crippen molar-refractivity contribution in [1.29, 1.82) is 0 Å². The molecule has 2 aliphatic heterocycles. The van der Waals surface area contributed by atoms with Crippen LogP contribution >= 0.6 is 0 Å². The summed E-state index contributed by atoms with van der Waals surface area (Å²) in [5, 5.41) is 2.77. The smallest absolute Gasteiger partial charge is 0.343 e. The number of amides is 4. The minimum Gasteiger partial charge on any atom is -0.343 e. The molecule has 0 aromatic carbocycles. The molecule has 0 spiro atoms. The number of rotatable bonds is 5. The first kappa shape index (κ1) is 17.9. The van der Waals surface area contributed by atoms with Gasteiger partial charge in [-0.05, 0) is 19.8 Å². The van der Waals surface area contributed by atoms with Crippen LogP contribution in [0.3, 0.4) is 0 Å². The molecule has 0 aliphatic carbocycles. The fraction of sp³-hybridized carbons (Fsp3) is 0.643. The minimum atomic E-state index is -0.935. The molecular weight excluding hydrogens is 320 g/mol. The van der Waals surface area contributed by atoms with Crippen molar-refractivity contribution < 1.29 is 28.8 Å². The number of imide groups is 1. The van der Waals surface area contributed by atoms with Crippen molar-refractivity contribution in [3.05, 3.63) is 0 Å². The van der Waals surface area contributed by atoms with Crippen molar-refractivity contribution in [1.82, 2.24) is 15.3 Å². The number of nitrogens with one attached hydrogen (secondary N) is 1. The third kappa shape index (κ3) is 3.88. The zero-order valence-electron chi connectivity index (χ0n) is 13.3. The molecular formula is C14H20N4O6. The van der Waals surface area contributed by atoms with Crippen LogP contribution in [0.1, 0.15) is 32.6 Å². The Bertz CT molecular complexity index is 560. The molecule has 2 saturated heterocycles. The molecule has 0 aromatic rings. The molecule has 2 fully saturated rings. The number of nitrogens with zero attached hydrogens (tertiary/aromatic N) is 2. The average Bonchev–Trinajstić information content (AvgIpc) is 3.14. The molecule has 2 rings (SSSR count). The molecule has 4 amide bonds. The Morgan fingerprint density at radius 2 is 1.92 bits per heavy atom. The van der Waals surface area contributed by atoms with Gasteiger partial charge in [-0.2, -0.15) is 0 Å². The summed E-state index contributed by atoms with van der Waals surface area (Å²) in [5.74, 6) is -2.95. The van der Waals surface area contributed by atoms with Gasteiger partial charge in [0.05, 0.1) is 6.04 Å². The number of hydrogen-bond donors (Lipinski definition) is 2. The van der Waals surface area contributed by atoms with Gasteiger partial charge in [0.2, 0.25) is 11.8 Å². The van der Waals surface area contributed by atoms with Crippen LogP contribution in [-0.2, 0) is 28.8 Å². The van der Waals surface area contributed by atoms with Gasteiger partial charge in [-0.15, -0.1) is 5.06 Å².